The summed E-state index contributed by atoms with van der Waals surface area (Å²) < 4.78 is 23.5. The van der Waals surface area contributed by atoms with Crippen molar-refractivity contribution in [3.8, 4) is 0 Å². The van der Waals surface area contributed by atoms with Crippen LogP contribution in [-0.4, -0.2) is 26.1 Å². The standard InChI is InChI=1S/C9H10BrNO3S/c1-6-7(5-11-12)8(10)3-4-9(6)15(2,13)14/h3-5,12H,1-2H3. The summed E-state index contributed by atoms with van der Waals surface area (Å²) in [5, 5.41) is 11.4. The zero-order valence-corrected chi connectivity index (χ0v) is 10.6. The topological polar surface area (TPSA) is 66.7 Å². The van der Waals surface area contributed by atoms with Crippen LogP contribution in [0, 0.1) is 6.92 Å². The lowest BCUT2D eigenvalue weighted by Crippen LogP contribution is -2.03. The first-order valence-corrected chi connectivity index (χ1v) is 6.73. The SMILES string of the molecule is Cc1c(S(C)(=O)=O)ccc(Br)c1C=NO. The van der Waals surface area contributed by atoms with E-state index in [0.717, 1.165) is 6.26 Å². The summed E-state index contributed by atoms with van der Waals surface area (Å²) >= 11 is 3.25. The van der Waals surface area contributed by atoms with Crippen LogP contribution in [0.25, 0.3) is 0 Å². The van der Waals surface area contributed by atoms with E-state index in [-0.39, 0.29) is 4.90 Å². The first kappa shape index (κ1) is 12.2. The largest absolute Gasteiger partial charge is 0.411 e. The number of sulfone groups is 1. The molecule has 0 atom stereocenters. The van der Waals surface area contributed by atoms with Crippen molar-refractivity contribution in [3.63, 3.8) is 0 Å². The van der Waals surface area contributed by atoms with Gasteiger partial charge in [0.25, 0.3) is 0 Å². The summed E-state index contributed by atoms with van der Waals surface area (Å²) in [6, 6.07) is 3.13. The molecule has 0 saturated heterocycles. The van der Waals surface area contributed by atoms with E-state index in [0.29, 0.717) is 15.6 Å². The van der Waals surface area contributed by atoms with E-state index >= 15 is 0 Å². The average molecular weight is 292 g/mol. The fraction of sp³-hybridized carbons (Fsp3) is 0.222. The highest BCUT2D eigenvalue weighted by Crippen LogP contribution is 2.24. The summed E-state index contributed by atoms with van der Waals surface area (Å²) in [5.41, 5.74) is 1.12. The summed E-state index contributed by atoms with van der Waals surface area (Å²) in [5.74, 6) is 0. The Morgan fingerprint density at radius 2 is 2.07 bits per heavy atom. The maximum atomic E-state index is 11.4. The van der Waals surface area contributed by atoms with Gasteiger partial charge in [0.2, 0.25) is 0 Å². The molecule has 0 radical (unpaired) electrons. The minimum absolute atomic E-state index is 0.237. The van der Waals surface area contributed by atoms with Crippen molar-refractivity contribution in [2.45, 2.75) is 11.8 Å². The molecular weight excluding hydrogens is 282 g/mol. The van der Waals surface area contributed by atoms with Gasteiger partial charge < -0.3 is 5.21 Å². The molecule has 0 heterocycles. The van der Waals surface area contributed by atoms with Gasteiger partial charge in [0.1, 0.15) is 0 Å². The molecule has 0 aliphatic rings. The zero-order chi connectivity index (χ0) is 11.6. The minimum atomic E-state index is -3.26. The summed E-state index contributed by atoms with van der Waals surface area (Å²) in [7, 11) is -3.26. The molecular formula is C9H10BrNO3S. The van der Waals surface area contributed by atoms with Crippen molar-refractivity contribution >= 4 is 32.0 Å². The molecule has 0 aliphatic heterocycles. The number of hydrogen-bond acceptors (Lipinski definition) is 4. The first-order chi connectivity index (χ1) is 6.88. The molecule has 0 unspecified atom stereocenters. The van der Waals surface area contributed by atoms with Crippen LogP contribution in [0.3, 0.4) is 0 Å². The minimum Gasteiger partial charge on any atom is -0.411 e. The van der Waals surface area contributed by atoms with E-state index in [2.05, 4.69) is 21.1 Å². The number of oxime groups is 1. The van der Waals surface area contributed by atoms with Crippen LogP contribution in [-0.2, 0) is 9.84 Å². The number of hydrogen-bond donors (Lipinski definition) is 1. The second-order valence-corrected chi connectivity index (χ2v) is 5.94. The first-order valence-electron chi connectivity index (χ1n) is 4.04. The molecule has 0 aromatic heterocycles. The third-order valence-corrected chi connectivity index (χ3v) is 3.93. The molecule has 4 nitrogen and oxygen atoms in total. The van der Waals surface area contributed by atoms with Crippen molar-refractivity contribution in [2.24, 2.45) is 5.16 Å². The Bertz CT molecular complexity index is 508. The van der Waals surface area contributed by atoms with Crippen molar-refractivity contribution < 1.29 is 13.6 Å². The maximum Gasteiger partial charge on any atom is 0.175 e. The lowest BCUT2D eigenvalue weighted by Gasteiger charge is -2.08. The summed E-state index contributed by atoms with van der Waals surface area (Å²) in [6.45, 7) is 1.66. The zero-order valence-electron chi connectivity index (χ0n) is 8.23. The van der Waals surface area contributed by atoms with Crippen LogP contribution in [0.1, 0.15) is 11.1 Å². The van der Waals surface area contributed by atoms with Gasteiger partial charge in [0.05, 0.1) is 11.1 Å². The summed E-state index contributed by atoms with van der Waals surface area (Å²) in [6.07, 6.45) is 2.34. The molecule has 0 fully saturated rings. The van der Waals surface area contributed by atoms with E-state index < -0.39 is 9.84 Å². The van der Waals surface area contributed by atoms with Crippen LogP contribution < -0.4 is 0 Å². The quantitative estimate of drug-likeness (QED) is 0.515. The predicted octanol–water partition coefficient (Wildman–Crippen LogP) is 1.97. The van der Waals surface area contributed by atoms with Gasteiger partial charge in [0.15, 0.2) is 9.84 Å². The smallest absolute Gasteiger partial charge is 0.175 e. The van der Waals surface area contributed by atoms with Crippen LogP contribution in [0.2, 0.25) is 0 Å². The van der Waals surface area contributed by atoms with Crippen molar-refractivity contribution in [1.29, 1.82) is 0 Å². The number of benzene rings is 1. The lowest BCUT2D eigenvalue weighted by molar-refractivity contribution is 0.322. The number of halogens is 1. The molecule has 1 aromatic carbocycles. The van der Waals surface area contributed by atoms with Crippen LogP contribution in [0.15, 0.2) is 26.7 Å². The fourth-order valence-corrected chi connectivity index (χ4v) is 2.81. The van der Waals surface area contributed by atoms with Gasteiger partial charge in [-0.05, 0) is 24.6 Å². The molecule has 0 aliphatic carbocycles. The van der Waals surface area contributed by atoms with E-state index in [1.165, 1.54) is 12.3 Å². The van der Waals surface area contributed by atoms with Crippen LogP contribution >= 0.6 is 15.9 Å². The van der Waals surface area contributed by atoms with Crippen molar-refractivity contribution in [3.05, 3.63) is 27.7 Å². The summed E-state index contributed by atoms with van der Waals surface area (Å²) in [4.78, 5) is 0.237. The van der Waals surface area contributed by atoms with Crippen LogP contribution in [0.4, 0.5) is 0 Å². The molecule has 1 aromatic rings. The van der Waals surface area contributed by atoms with Gasteiger partial charge in [-0.2, -0.15) is 0 Å². The Kier molecular flexibility index (Phi) is 3.51. The molecule has 1 rings (SSSR count). The Morgan fingerprint density at radius 1 is 1.47 bits per heavy atom. The number of rotatable bonds is 2. The fourth-order valence-electron chi connectivity index (χ4n) is 1.29. The Hall–Kier alpha value is -0.880. The van der Waals surface area contributed by atoms with Gasteiger partial charge in [-0.1, -0.05) is 21.1 Å². The molecule has 0 spiro atoms. The third kappa shape index (κ3) is 2.57. The van der Waals surface area contributed by atoms with E-state index in [4.69, 9.17) is 5.21 Å². The normalized spacial score (nSPS) is 12.2. The highest BCUT2D eigenvalue weighted by atomic mass is 79.9. The molecule has 0 bridgehead atoms. The number of nitrogens with zero attached hydrogens (tertiary/aromatic N) is 1. The van der Waals surface area contributed by atoms with Crippen molar-refractivity contribution in [1.82, 2.24) is 0 Å². The van der Waals surface area contributed by atoms with E-state index in [1.807, 2.05) is 0 Å². The molecule has 82 valence electrons. The Labute approximate surface area is 96.7 Å². The van der Waals surface area contributed by atoms with Gasteiger partial charge in [-0.15, -0.1) is 0 Å². The van der Waals surface area contributed by atoms with Gasteiger partial charge >= 0.3 is 0 Å². The Balaban J connectivity index is 3.56. The highest BCUT2D eigenvalue weighted by molar-refractivity contribution is 9.10. The third-order valence-electron chi connectivity index (χ3n) is 2.00. The molecule has 6 heteroatoms. The monoisotopic (exact) mass is 291 g/mol. The average Bonchev–Trinajstić information content (AvgIpc) is 2.09. The molecule has 0 amide bonds. The molecule has 1 N–H and O–H groups in total. The second kappa shape index (κ2) is 4.32. The van der Waals surface area contributed by atoms with Crippen molar-refractivity contribution in [2.75, 3.05) is 6.26 Å². The Morgan fingerprint density at radius 3 is 2.53 bits per heavy atom. The van der Waals surface area contributed by atoms with Gasteiger partial charge in [-0.25, -0.2) is 8.42 Å². The van der Waals surface area contributed by atoms with Gasteiger partial charge in [-0.3, -0.25) is 0 Å². The molecule has 15 heavy (non-hydrogen) atoms. The van der Waals surface area contributed by atoms with Gasteiger partial charge in [0, 0.05) is 16.3 Å². The lowest BCUT2D eigenvalue weighted by atomic mass is 10.1. The van der Waals surface area contributed by atoms with E-state index in [1.54, 1.807) is 13.0 Å². The molecule has 0 saturated carbocycles. The second-order valence-electron chi connectivity index (χ2n) is 3.10. The van der Waals surface area contributed by atoms with Crippen LogP contribution in [0.5, 0.6) is 0 Å². The maximum absolute atomic E-state index is 11.4. The predicted molar refractivity (Wildman–Crippen MR) is 61.4 cm³/mol. The van der Waals surface area contributed by atoms with E-state index in [9.17, 15) is 8.42 Å². The highest BCUT2D eigenvalue weighted by Gasteiger charge is 2.14.